The van der Waals surface area contributed by atoms with Crippen molar-refractivity contribution in [3.63, 3.8) is 0 Å². The van der Waals surface area contributed by atoms with Crippen LogP contribution in [0.4, 0.5) is 5.69 Å². The molecule has 4 aromatic carbocycles. The highest BCUT2D eigenvalue weighted by atomic mass is 16.5. The van der Waals surface area contributed by atoms with E-state index >= 15 is 0 Å². The predicted octanol–water partition coefficient (Wildman–Crippen LogP) is 10.0. The summed E-state index contributed by atoms with van der Waals surface area (Å²) in [7, 11) is 0. The number of allylic oxidation sites excluding steroid dienone is 2. The van der Waals surface area contributed by atoms with Crippen molar-refractivity contribution in [2.24, 2.45) is 0 Å². The molecule has 1 unspecified atom stereocenters. The highest BCUT2D eigenvalue weighted by molar-refractivity contribution is 6.09. The van der Waals surface area contributed by atoms with Gasteiger partial charge >= 0.3 is 0 Å². The molecule has 0 amide bonds. The molecule has 0 N–H and O–H groups in total. The van der Waals surface area contributed by atoms with Crippen molar-refractivity contribution in [1.82, 2.24) is 14.5 Å². The van der Waals surface area contributed by atoms with Gasteiger partial charge in [0, 0.05) is 46.7 Å². The number of aryl methyl sites for hydroxylation is 5. The van der Waals surface area contributed by atoms with Gasteiger partial charge in [-0.15, -0.1) is 0 Å². The molecule has 1 atom stereocenters. The minimum Gasteiger partial charge on any atom is -0.457 e. The Balaban J connectivity index is 1.18. The molecule has 2 aliphatic rings. The molecule has 0 radical (unpaired) electrons. The van der Waals surface area contributed by atoms with E-state index in [1.807, 2.05) is 12.3 Å². The van der Waals surface area contributed by atoms with Gasteiger partial charge in [-0.1, -0.05) is 60.2 Å². The van der Waals surface area contributed by atoms with Crippen molar-refractivity contribution in [3.05, 3.63) is 155 Å². The summed E-state index contributed by atoms with van der Waals surface area (Å²) < 4.78 is 8.85. The highest BCUT2D eigenvalue weighted by Crippen LogP contribution is 2.41. The summed E-state index contributed by atoms with van der Waals surface area (Å²) >= 11 is 0. The molecular weight excluding hydrogens is 564 g/mol. The summed E-state index contributed by atoms with van der Waals surface area (Å²) in [5.41, 5.74) is 11.8. The van der Waals surface area contributed by atoms with E-state index in [0.717, 1.165) is 50.7 Å². The number of hydrogen-bond acceptors (Lipinski definition) is 4. The van der Waals surface area contributed by atoms with Crippen molar-refractivity contribution in [2.75, 3.05) is 4.90 Å². The van der Waals surface area contributed by atoms with Crippen LogP contribution in [0, 0.1) is 34.6 Å². The quantitative estimate of drug-likeness (QED) is 0.197. The lowest BCUT2D eigenvalue weighted by molar-refractivity contribution is 0.469. The molecule has 2 aliphatic heterocycles. The number of benzene rings is 4. The third-order valence-electron chi connectivity index (χ3n) is 9.05. The van der Waals surface area contributed by atoms with E-state index in [1.54, 1.807) is 0 Å². The van der Waals surface area contributed by atoms with E-state index in [0.29, 0.717) is 0 Å². The summed E-state index contributed by atoms with van der Waals surface area (Å²) in [6, 6.07) is 30.0. The normalized spacial score (nSPS) is 15.6. The molecule has 4 heterocycles. The number of hydrogen-bond donors (Lipinski definition) is 0. The van der Waals surface area contributed by atoms with Crippen LogP contribution in [0.25, 0.3) is 33.3 Å². The Morgan fingerprint density at radius 3 is 2.24 bits per heavy atom. The Kier molecular flexibility index (Phi) is 6.57. The highest BCUT2D eigenvalue weighted by Gasteiger charge is 2.33. The lowest BCUT2D eigenvalue weighted by Gasteiger charge is -2.33. The van der Waals surface area contributed by atoms with Crippen LogP contribution in [0.3, 0.4) is 0 Å². The first-order valence-electron chi connectivity index (χ1n) is 15.8. The van der Waals surface area contributed by atoms with E-state index in [4.69, 9.17) is 9.72 Å². The smallest absolute Gasteiger partial charge is 0.140 e. The summed E-state index contributed by atoms with van der Waals surface area (Å²) in [6.45, 7) is 10.8. The van der Waals surface area contributed by atoms with Crippen molar-refractivity contribution in [1.29, 1.82) is 0 Å². The summed E-state index contributed by atoms with van der Waals surface area (Å²) in [5, 5.41) is 2.37. The van der Waals surface area contributed by atoms with Crippen LogP contribution < -0.4 is 9.64 Å². The molecule has 2 aromatic heterocycles. The van der Waals surface area contributed by atoms with Crippen molar-refractivity contribution in [2.45, 2.75) is 40.8 Å². The van der Waals surface area contributed by atoms with Crippen molar-refractivity contribution >= 4 is 33.2 Å². The van der Waals surface area contributed by atoms with Gasteiger partial charge in [-0.2, -0.15) is 0 Å². The van der Waals surface area contributed by atoms with Crippen LogP contribution in [0.2, 0.25) is 0 Å². The molecule has 0 aliphatic carbocycles. The fraction of sp³-hybridized carbons (Fsp3) is 0.146. The van der Waals surface area contributed by atoms with Gasteiger partial charge in [-0.05, 0) is 99.4 Å². The molecule has 0 saturated heterocycles. The first kappa shape index (κ1) is 28.0. The van der Waals surface area contributed by atoms with Gasteiger partial charge < -0.3 is 14.5 Å². The maximum absolute atomic E-state index is 6.60. The number of rotatable bonds is 5. The van der Waals surface area contributed by atoms with Crippen LogP contribution in [0.15, 0.2) is 122 Å². The average molecular weight is 601 g/mol. The predicted molar refractivity (Wildman–Crippen MR) is 190 cm³/mol. The second kappa shape index (κ2) is 10.8. The SMILES string of the molecule is Cc1cnc(-n2c3ccccc3c3ccc(Oc4cccc(C5=CN(c6c(C)cc(C)cc6C)C6C=CC=CN56)c4)cc32)c(C)c1. The third kappa shape index (κ3) is 4.59. The molecule has 6 aromatic rings. The van der Waals surface area contributed by atoms with E-state index < -0.39 is 0 Å². The number of aromatic nitrogens is 2. The van der Waals surface area contributed by atoms with Crippen LogP contribution in [-0.4, -0.2) is 20.6 Å². The Morgan fingerprint density at radius 2 is 1.41 bits per heavy atom. The molecule has 5 heteroatoms. The first-order chi connectivity index (χ1) is 22.4. The van der Waals surface area contributed by atoms with Gasteiger partial charge in [0.05, 0.1) is 16.7 Å². The van der Waals surface area contributed by atoms with E-state index in [9.17, 15) is 0 Å². The van der Waals surface area contributed by atoms with E-state index in [2.05, 4.69) is 158 Å². The van der Waals surface area contributed by atoms with Gasteiger partial charge in [-0.25, -0.2) is 4.98 Å². The Bertz CT molecular complexity index is 2250. The summed E-state index contributed by atoms with van der Waals surface area (Å²) in [5.74, 6) is 2.51. The first-order valence-corrected chi connectivity index (χ1v) is 15.8. The van der Waals surface area contributed by atoms with Crippen LogP contribution in [-0.2, 0) is 0 Å². The van der Waals surface area contributed by atoms with Crippen LogP contribution >= 0.6 is 0 Å². The number of nitrogens with zero attached hydrogens (tertiary/aromatic N) is 4. The van der Waals surface area contributed by atoms with Gasteiger partial charge in [0.15, 0.2) is 0 Å². The topological polar surface area (TPSA) is 33.5 Å². The minimum absolute atomic E-state index is 0.0767. The summed E-state index contributed by atoms with van der Waals surface area (Å²) in [6.07, 6.45) is 12.9. The molecule has 0 fully saturated rings. The zero-order valence-corrected chi connectivity index (χ0v) is 26.8. The monoisotopic (exact) mass is 600 g/mol. The average Bonchev–Trinajstić information content (AvgIpc) is 3.57. The third-order valence-corrected chi connectivity index (χ3v) is 9.05. The van der Waals surface area contributed by atoms with Crippen LogP contribution in [0.1, 0.15) is 33.4 Å². The van der Waals surface area contributed by atoms with Gasteiger partial charge in [0.1, 0.15) is 23.5 Å². The molecule has 5 nitrogen and oxygen atoms in total. The van der Waals surface area contributed by atoms with Gasteiger partial charge in [-0.3, -0.25) is 4.57 Å². The largest absolute Gasteiger partial charge is 0.457 e. The molecule has 226 valence electrons. The standard InChI is InChI=1S/C41H36N4O/c1-26-19-28(3)40(29(4)20-26)44-25-38(43-18-9-8-15-39(43)44)31-11-10-12-32(22-31)46-33-16-17-35-34-13-6-7-14-36(34)45(37(35)23-33)41-30(5)21-27(2)24-42-41/h6-25,39H,1-5H3. The zero-order valence-electron chi connectivity index (χ0n) is 26.8. The molecule has 8 rings (SSSR count). The molecule has 0 spiro atoms. The number of anilines is 1. The van der Waals surface area contributed by atoms with Gasteiger partial charge in [0.2, 0.25) is 0 Å². The zero-order chi connectivity index (χ0) is 31.5. The fourth-order valence-corrected chi connectivity index (χ4v) is 7.25. The van der Waals surface area contributed by atoms with E-state index in [1.165, 1.54) is 33.2 Å². The molecule has 46 heavy (non-hydrogen) atoms. The lowest BCUT2D eigenvalue weighted by atomic mass is 10.0. The maximum atomic E-state index is 6.60. The van der Waals surface area contributed by atoms with Crippen LogP contribution in [0.5, 0.6) is 11.5 Å². The maximum Gasteiger partial charge on any atom is 0.140 e. The fourth-order valence-electron chi connectivity index (χ4n) is 7.25. The number of fused-ring (bicyclic) bond motifs is 4. The van der Waals surface area contributed by atoms with E-state index in [-0.39, 0.29) is 6.17 Å². The molecular formula is C41H36N4O. The van der Waals surface area contributed by atoms with Crippen molar-refractivity contribution < 1.29 is 4.74 Å². The Hall–Kier alpha value is -5.55. The molecule has 0 saturated carbocycles. The second-order valence-electron chi connectivity index (χ2n) is 12.5. The Morgan fingerprint density at radius 1 is 0.652 bits per heavy atom. The number of pyridine rings is 1. The minimum atomic E-state index is 0.0767. The summed E-state index contributed by atoms with van der Waals surface area (Å²) in [4.78, 5) is 9.59. The lowest BCUT2D eigenvalue weighted by Crippen LogP contribution is -2.36. The Labute approximate surface area is 270 Å². The number of ether oxygens (including phenoxy) is 1. The number of para-hydroxylation sites is 1. The van der Waals surface area contributed by atoms with Crippen molar-refractivity contribution in [3.8, 4) is 17.3 Å². The van der Waals surface area contributed by atoms with Gasteiger partial charge in [0.25, 0.3) is 0 Å². The molecule has 0 bridgehead atoms. The second-order valence-corrected chi connectivity index (χ2v) is 12.5.